The summed E-state index contributed by atoms with van der Waals surface area (Å²) < 4.78 is 49.5. The van der Waals surface area contributed by atoms with Gasteiger partial charge in [0, 0.05) is 36.7 Å². The van der Waals surface area contributed by atoms with E-state index in [1.165, 1.54) is 35.2 Å². The second-order valence-corrected chi connectivity index (χ2v) is 10.5. The fourth-order valence-electron chi connectivity index (χ4n) is 5.27. The van der Waals surface area contributed by atoms with Crippen molar-refractivity contribution in [1.82, 2.24) is 10.2 Å². The van der Waals surface area contributed by atoms with E-state index in [0.717, 1.165) is 6.07 Å². The van der Waals surface area contributed by atoms with Crippen LogP contribution in [0, 0.1) is 11.6 Å². The monoisotopic (exact) mass is 607 g/mol. The zero-order valence-corrected chi connectivity index (χ0v) is 23.3. The van der Waals surface area contributed by atoms with Crippen LogP contribution in [0.5, 0.6) is 17.2 Å². The molecule has 0 saturated carbocycles. The summed E-state index contributed by atoms with van der Waals surface area (Å²) in [6.07, 6.45) is -0.117. The molecule has 0 spiro atoms. The summed E-state index contributed by atoms with van der Waals surface area (Å²) in [5.74, 6) is -2.49. The number of nitrogens with one attached hydrogen (secondary N) is 2. The van der Waals surface area contributed by atoms with Crippen molar-refractivity contribution in [3.05, 3.63) is 82.9 Å². The molecule has 3 aliphatic rings. The van der Waals surface area contributed by atoms with Crippen molar-refractivity contribution in [3.8, 4) is 17.2 Å². The van der Waals surface area contributed by atoms with Crippen molar-refractivity contribution in [2.24, 2.45) is 0 Å². The van der Waals surface area contributed by atoms with Crippen LogP contribution in [-0.2, 0) is 32.2 Å². The van der Waals surface area contributed by atoms with Gasteiger partial charge < -0.3 is 23.8 Å². The number of fused-ring (bicyclic) bond motifs is 1. The van der Waals surface area contributed by atoms with Gasteiger partial charge in [-0.15, -0.1) is 0 Å². The summed E-state index contributed by atoms with van der Waals surface area (Å²) in [7, 11) is 0. The number of nitrogens with zero attached hydrogens (tertiary/aromatic N) is 1. The van der Waals surface area contributed by atoms with Gasteiger partial charge in [0.15, 0.2) is 11.6 Å². The summed E-state index contributed by atoms with van der Waals surface area (Å²) in [6.45, 7) is 0.793. The van der Waals surface area contributed by atoms with Crippen LogP contribution in [0.15, 0.2) is 54.6 Å². The lowest BCUT2D eigenvalue weighted by Gasteiger charge is -2.29. The molecule has 0 aliphatic carbocycles. The van der Waals surface area contributed by atoms with E-state index in [2.05, 4.69) is 10.6 Å². The second kappa shape index (κ2) is 12.3. The molecule has 4 amide bonds. The van der Waals surface area contributed by atoms with Gasteiger partial charge >= 0.3 is 6.09 Å². The Labute approximate surface area is 250 Å². The Bertz CT molecular complexity index is 1620. The zero-order chi connectivity index (χ0) is 30.8. The van der Waals surface area contributed by atoms with Crippen LogP contribution in [-0.4, -0.2) is 54.1 Å². The molecule has 2 N–H and O–H groups in total. The zero-order valence-electron chi connectivity index (χ0n) is 23.3. The predicted molar refractivity (Wildman–Crippen MR) is 149 cm³/mol. The van der Waals surface area contributed by atoms with Gasteiger partial charge in [0.05, 0.1) is 18.8 Å². The highest BCUT2D eigenvalue weighted by Gasteiger charge is 2.41. The molecule has 3 aromatic rings. The molecule has 2 saturated heterocycles. The Morgan fingerprint density at radius 2 is 1.86 bits per heavy atom. The summed E-state index contributed by atoms with van der Waals surface area (Å²) >= 11 is 0. The Kier molecular flexibility index (Phi) is 8.11. The number of halogens is 2. The average Bonchev–Trinajstić information content (AvgIpc) is 3.63. The highest BCUT2D eigenvalue weighted by Crippen LogP contribution is 2.38. The lowest BCUT2D eigenvalue weighted by Crippen LogP contribution is -2.52. The summed E-state index contributed by atoms with van der Waals surface area (Å²) in [4.78, 5) is 51.8. The minimum absolute atomic E-state index is 0.135. The van der Waals surface area contributed by atoms with E-state index >= 15 is 0 Å². The number of imide groups is 1. The third-order valence-electron chi connectivity index (χ3n) is 7.48. The number of benzene rings is 3. The smallest absolute Gasteiger partial charge is 0.411 e. The van der Waals surface area contributed by atoms with Crippen LogP contribution in [0.25, 0.3) is 0 Å². The molecule has 0 bridgehead atoms. The number of hydrogen-bond acceptors (Lipinski definition) is 8. The molecular formula is C31H27F2N3O8. The van der Waals surface area contributed by atoms with Crippen LogP contribution in [0.2, 0.25) is 0 Å². The number of anilines is 1. The first-order valence-corrected chi connectivity index (χ1v) is 14.0. The molecule has 0 aromatic heterocycles. The van der Waals surface area contributed by atoms with Crippen molar-refractivity contribution in [2.75, 3.05) is 18.5 Å². The van der Waals surface area contributed by atoms with E-state index in [1.54, 1.807) is 12.1 Å². The maximum Gasteiger partial charge on any atom is 0.411 e. The number of amides is 4. The van der Waals surface area contributed by atoms with Crippen LogP contribution in [0.1, 0.15) is 40.7 Å². The molecule has 3 heterocycles. The number of carbonyl (C=O) groups is 4. The second-order valence-electron chi connectivity index (χ2n) is 10.5. The van der Waals surface area contributed by atoms with Crippen molar-refractivity contribution >= 4 is 29.5 Å². The first-order valence-electron chi connectivity index (χ1n) is 14.0. The van der Waals surface area contributed by atoms with E-state index in [0.29, 0.717) is 42.5 Å². The molecule has 44 heavy (non-hydrogen) atoms. The topological polar surface area (TPSA) is 132 Å². The molecule has 11 nitrogen and oxygen atoms in total. The van der Waals surface area contributed by atoms with Gasteiger partial charge in [-0.1, -0.05) is 12.1 Å². The van der Waals surface area contributed by atoms with Crippen molar-refractivity contribution in [1.29, 1.82) is 0 Å². The van der Waals surface area contributed by atoms with Crippen molar-refractivity contribution in [3.63, 3.8) is 0 Å². The third kappa shape index (κ3) is 6.18. The Morgan fingerprint density at radius 3 is 2.59 bits per heavy atom. The quantitative estimate of drug-likeness (QED) is 0.360. The minimum atomic E-state index is -0.850. The first-order chi connectivity index (χ1) is 21.2. The molecule has 13 heteroatoms. The molecule has 3 aliphatic heterocycles. The van der Waals surface area contributed by atoms with E-state index in [9.17, 15) is 28.0 Å². The Hall–Kier alpha value is -5.04. The summed E-state index contributed by atoms with van der Waals surface area (Å²) in [6, 6.07) is 11.6. The average molecular weight is 608 g/mol. The molecule has 2 atom stereocenters. The molecule has 6 rings (SSSR count). The van der Waals surface area contributed by atoms with Gasteiger partial charge in [-0.05, 0) is 48.4 Å². The van der Waals surface area contributed by atoms with E-state index in [4.69, 9.17) is 18.9 Å². The van der Waals surface area contributed by atoms with Crippen molar-refractivity contribution in [2.45, 2.75) is 44.6 Å². The highest BCUT2D eigenvalue weighted by molar-refractivity contribution is 6.06. The summed E-state index contributed by atoms with van der Waals surface area (Å²) in [5, 5.41) is 4.88. The van der Waals surface area contributed by atoms with Crippen LogP contribution in [0.3, 0.4) is 0 Å². The lowest BCUT2D eigenvalue weighted by atomic mass is 10.0. The third-order valence-corrected chi connectivity index (χ3v) is 7.48. The van der Waals surface area contributed by atoms with Gasteiger partial charge in [-0.2, -0.15) is 0 Å². The fraction of sp³-hybridized carbons (Fsp3) is 0.290. The van der Waals surface area contributed by atoms with Gasteiger partial charge in [0.2, 0.25) is 11.8 Å². The largest absolute Gasteiger partial charge is 0.487 e. The molecule has 228 valence electrons. The SMILES string of the molecule is O=C1CCC(N2Cc3ccc(COC(=O)Nc4ccc(Oc5ccc(F)cc5F)cc4)c(O[C@@H]4CCOC4)c3C2=O)C(=O)N1. The number of hydrogen-bond donors (Lipinski definition) is 2. The number of rotatable bonds is 8. The van der Waals surface area contributed by atoms with E-state index in [-0.39, 0.29) is 60.8 Å². The number of carbonyl (C=O) groups excluding carboxylic acids is 4. The van der Waals surface area contributed by atoms with Crippen LogP contribution >= 0.6 is 0 Å². The predicted octanol–water partition coefficient (Wildman–Crippen LogP) is 4.43. The number of ether oxygens (including phenoxy) is 4. The normalized spacial score (nSPS) is 19.4. The van der Waals surface area contributed by atoms with Gasteiger partial charge in [-0.25, -0.2) is 13.6 Å². The van der Waals surface area contributed by atoms with Crippen LogP contribution < -0.4 is 20.1 Å². The number of piperidine rings is 1. The fourth-order valence-corrected chi connectivity index (χ4v) is 5.27. The van der Waals surface area contributed by atoms with Gasteiger partial charge in [0.25, 0.3) is 5.91 Å². The highest BCUT2D eigenvalue weighted by atomic mass is 19.1. The van der Waals surface area contributed by atoms with Crippen LogP contribution in [0.4, 0.5) is 19.3 Å². The molecule has 3 aromatic carbocycles. The maximum atomic E-state index is 13.9. The molecular weight excluding hydrogens is 580 g/mol. The van der Waals surface area contributed by atoms with E-state index in [1.807, 2.05) is 0 Å². The Morgan fingerprint density at radius 1 is 1.05 bits per heavy atom. The maximum absolute atomic E-state index is 13.9. The summed E-state index contributed by atoms with van der Waals surface area (Å²) in [5.41, 5.74) is 1.76. The molecule has 0 radical (unpaired) electrons. The first kappa shape index (κ1) is 29.1. The molecule has 1 unspecified atom stereocenters. The standard InChI is InChI=1S/C31H27F2N3O8/c32-19-3-9-25(23(33)13-19)43-21-6-4-20(5-7-21)34-31(40)42-15-18-2-1-17-14-36(24-8-10-26(37)35-29(24)38)30(39)27(17)28(18)44-22-11-12-41-16-22/h1-7,9,13,22,24H,8,10-12,14-16H2,(H,34,40)(H,35,37,38)/t22-,24?/m1/s1. The minimum Gasteiger partial charge on any atom is -0.487 e. The van der Waals surface area contributed by atoms with Crippen molar-refractivity contribution < 1.29 is 46.9 Å². The molecule has 2 fully saturated rings. The van der Waals surface area contributed by atoms with Gasteiger partial charge in [-0.3, -0.25) is 25.0 Å². The lowest BCUT2D eigenvalue weighted by molar-refractivity contribution is -0.136. The van der Waals surface area contributed by atoms with E-state index < -0.39 is 35.6 Å². The van der Waals surface area contributed by atoms with Gasteiger partial charge in [0.1, 0.15) is 36.1 Å². The Balaban J connectivity index is 1.13.